The molecule has 0 aliphatic carbocycles. The van der Waals surface area contributed by atoms with Gasteiger partial charge < -0.3 is 5.73 Å². The van der Waals surface area contributed by atoms with Crippen molar-refractivity contribution in [2.45, 2.75) is 17.3 Å². The smallest absolute Gasteiger partial charge is 0.267 e. The molecule has 6 nitrogen and oxygen atoms in total. The van der Waals surface area contributed by atoms with Crippen molar-refractivity contribution < 1.29 is 9.18 Å². The first-order valence-corrected chi connectivity index (χ1v) is 9.98. The molecule has 0 fully saturated rings. The molecule has 30 heavy (non-hydrogen) atoms. The number of halogens is 1. The van der Waals surface area contributed by atoms with E-state index in [1.165, 1.54) is 28.8 Å². The number of carbonyl (C=O) groups excluding carboxylic acids is 1. The third-order valence-corrected chi connectivity index (χ3v) is 5.75. The van der Waals surface area contributed by atoms with Crippen LogP contribution in [0.4, 0.5) is 4.39 Å². The molecular weight excluding hydrogens is 403 g/mol. The van der Waals surface area contributed by atoms with Gasteiger partial charge in [-0.05, 0) is 54.4 Å². The van der Waals surface area contributed by atoms with Crippen LogP contribution in [0, 0.1) is 12.7 Å². The Bertz CT molecular complexity index is 1300. The summed E-state index contributed by atoms with van der Waals surface area (Å²) in [7, 11) is 0. The molecule has 150 valence electrons. The molecule has 2 N–H and O–H groups in total. The second-order valence-corrected chi connectivity index (χ2v) is 7.77. The van der Waals surface area contributed by atoms with Gasteiger partial charge in [0.1, 0.15) is 16.9 Å². The van der Waals surface area contributed by atoms with Gasteiger partial charge in [0.15, 0.2) is 5.16 Å². The number of pyridine rings is 1. The summed E-state index contributed by atoms with van der Waals surface area (Å²) < 4.78 is 14.7. The van der Waals surface area contributed by atoms with Gasteiger partial charge in [-0.25, -0.2) is 18.9 Å². The Balaban J connectivity index is 1.92. The number of nitrogens with two attached hydrogens (primary N) is 1. The van der Waals surface area contributed by atoms with E-state index in [0.29, 0.717) is 22.3 Å². The van der Waals surface area contributed by atoms with Crippen LogP contribution in [0.15, 0.2) is 76.8 Å². The molecular formula is C22H17FN4O2S. The van der Waals surface area contributed by atoms with Crippen LogP contribution >= 0.6 is 11.8 Å². The molecule has 0 aliphatic rings. The van der Waals surface area contributed by atoms with Gasteiger partial charge in [0.25, 0.3) is 5.56 Å². The number of carbonyl (C=O) groups is 1. The summed E-state index contributed by atoms with van der Waals surface area (Å²) >= 11 is 1.03. The highest BCUT2D eigenvalue weighted by molar-refractivity contribution is 8.00. The van der Waals surface area contributed by atoms with E-state index in [0.717, 1.165) is 17.3 Å². The number of thioether (sulfide) groups is 1. The number of amides is 1. The monoisotopic (exact) mass is 420 g/mol. The Morgan fingerprint density at radius 1 is 1.13 bits per heavy atom. The maximum atomic E-state index is 13.3. The lowest BCUT2D eigenvalue weighted by atomic mass is 10.1. The van der Waals surface area contributed by atoms with Gasteiger partial charge >= 0.3 is 0 Å². The van der Waals surface area contributed by atoms with E-state index >= 15 is 0 Å². The second kappa shape index (κ2) is 8.08. The van der Waals surface area contributed by atoms with Gasteiger partial charge in [-0.2, -0.15) is 0 Å². The minimum atomic E-state index is -0.866. The van der Waals surface area contributed by atoms with Crippen LogP contribution in [0.2, 0.25) is 0 Å². The van der Waals surface area contributed by atoms with Crippen molar-refractivity contribution in [1.29, 1.82) is 0 Å². The molecule has 8 heteroatoms. The van der Waals surface area contributed by atoms with Crippen molar-refractivity contribution in [1.82, 2.24) is 14.5 Å². The third kappa shape index (κ3) is 3.81. The van der Waals surface area contributed by atoms with Crippen molar-refractivity contribution in [2.75, 3.05) is 0 Å². The zero-order chi connectivity index (χ0) is 21.3. The maximum Gasteiger partial charge on any atom is 0.267 e. The number of fused-ring (bicyclic) bond motifs is 1. The average molecular weight is 420 g/mol. The Morgan fingerprint density at radius 2 is 1.87 bits per heavy atom. The van der Waals surface area contributed by atoms with Crippen LogP contribution in [-0.4, -0.2) is 20.4 Å². The summed E-state index contributed by atoms with van der Waals surface area (Å²) in [6.07, 6.45) is 1.60. The van der Waals surface area contributed by atoms with Gasteiger partial charge in [0, 0.05) is 6.20 Å². The topological polar surface area (TPSA) is 90.9 Å². The molecule has 0 bridgehead atoms. The van der Waals surface area contributed by atoms with E-state index in [4.69, 9.17) is 5.73 Å². The molecule has 0 aliphatic heterocycles. The van der Waals surface area contributed by atoms with Gasteiger partial charge in [0.2, 0.25) is 5.91 Å². The zero-order valence-corrected chi connectivity index (χ0v) is 16.8. The Labute approximate surface area is 175 Å². The first-order chi connectivity index (χ1) is 14.4. The van der Waals surface area contributed by atoms with E-state index in [1.807, 2.05) is 13.0 Å². The van der Waals surface area contributed by atoms with Gasteiger partial charge in [0.05, 0.1) is 10.9 Å². The van der Waals surface area contributed by atoms with E-state index < -0.39 is 17.0 Å². The number of nitrogens with zero attached hydrogens (tertiary/aromatic N) is 3. The van der Waals surface area contributed by atoms with Crippen molar-refractivity contribution in [3.63, 3.8) is 0 Å². The highest BCUT2D eigenvalue weighted by Crippen LogP contribution is 2.35. The predicted molar refractivity (Wildman–Crippen MR) is 114 cm³/mol. The van der Waals surface area contributed by atoms with Crippen LogP contribution in [0.25, 0.3) is 16.7 Å². The number of hydrogen-bond donors (Lipinski definition) is 1. The first-order valence-electron chi connectivity index (χ1n) is 9.10. The highest BCUT2D eigenvalue weighted by Gasteiger charge is 2.24. The minimum Gasteiger partial charge on any atom is -0.368 e. The summed E-state index contributed by atoms with van der Waals surface area (Å²) in [4.78, 5) is 34.4. The summed E-state index contributed by atoms with van der Waals surface area (Å²) in [5.74, 6) is -0.655. The number of hydrogen-bond acceptors (Lipinski definition) is 5. The number of benzene rings is 2. The van der Waals surface area contributed by atoms with Crippen molar-refractivity contribution in [3.8, 4) is 5.82 Å². The lowest BCUT2D eigenvalue weighted by Crippen LogP contribution is -2.25. The molecule has 4 aromatic rings. The van der Waals surface area contributed by atoms with E-state index in [9.17, 15) is 14.0 Å². The fourth-order valence-electron chi connectivity index (χ4n) is 3.07. The van der Waals surface area contributed by atoms with E-state index in [-0.39, 0.29) is 10.7 Å². The number of rotatable bonds is 5. The Kier molecular flexibility index (Phi) is 5.33. The zero-order valence-electron chi connectivity index (χ0n) is 15.9. The molecule has 2 aromatic heterocycles. The normalized spacial score (nSPS) is 12.1. The fourth-order valence-corrected chi connectivity index (χ4v) is 4.12. The van der Waals surface area contributed by atoms with Crippen LogP contribution in [0.5, 0.6) is 0 Å². The molecule has 0 spiro atoms. The minimum absolute atomic E-state index is 0.268. The number of aromatic nitrogens is 3. The predicted octanol–water partition coefficient (Wildman–Crippen LogP) is 3.55. The van der Waals surface area contributed by atoms with Crippen LogP contribution in [0.3, 0.4) is 0 Å². The second-order valence-electron chi connectivity index (χ2n) is 6.70. The SMILES string of the molecule is Cc1ccnc(-n2c(SC(C(N)=O)c3ccc(F)cc3)nc3ccccc3c2=O)c1. The quantitative estimate of drug-likeness (QED) is 0.394. The van der Waals surface area contributed by atoms with Crippen LogP contribution < -0.4 is 11.3 Å². The van der Waals surface area contributed by atoms with Gasteiger partial charge in [-0.1, -0.05) is 36.0 Å². The molecule has 2 heterocycles. The van der Waals surface area contributed by atoms with Crippen LogP contribution in [0.1, 0.15) is 16.4 Å². The van der Waals surface area contributed by atoms with Crippen molar-refractivity contribution >= 4 is 28.6 Å². The van der Waals surface area contributed by atoms with Crippen molar-refractivity contribution in [3.05, 3.63) is 94.2 Å². The van der Waals surface area contributed by atoms with Gasteiger partial charge in [-0.3, -0.25) is 9.59 Å². The molecule has 1 atom stereocenters. The van der Waals surface area contributed by atoms with Gasteiger partial charge in [-0.15, -0.1) is 0 Å². The summed E-state index contributed by atoms with van der Waals surface area (Å²) in [5.41, 5.74) is 7.26. The highest BCUT2D eigenvalue weighted by atomic mass is 32.2. The number of primary amides is 1. The largest absolute Gasteiger partial charge is 0.368 e. The lowest BCUT2D eigenvalue weighted by molar-refractivity contribution is -0.117. The maximum absolute atomic E-state index is 13.3. The van der Waals surface area contributed by atoms with E-state index in [1.54, 1.807) is 36.5 Å². The molecule has 0 saturated heterocycles. The molecule has 0 saturated carbocycles. The average Bonchev–Trinajstić information content (AvgIpc) is 2.73. The summed E-state index contributed by atoms with van der Waals surface area (Å²) in [5, 5.41) is -0.165. The fraction of sp³-hybridized carbons (Fsp3) is 0.0909. The molecule has 1 unspecified atom stereocenters. The molecule has 2 aromatic carbocycles. The number of para-hydroxylation sites is 1. The molecule has 0 radical (unpaired) electrons. The van der Waals surface area contributed by atoms with Crippen LogP contribution in [-0.2, 0) is 4.79 Å². The Hall–Kier alpha value is -3.52. The van der Waals surface area contributed by atoms with E-state index in [2.05, 4.69) is 9.97 Å². The van der Waals surface area contributed by atoms with Crippen molar-refractivity contribution in [2.24, 2.45) is 5.73 Å². The molecule has 4 rings (SSSR count). The lowest BCUT2D eigenvalue weighted by Gasteiger charge is -2.17. The number of aryl methyl sites for hydroxylation is 1. The summed E-state index contributed by atoms with van der Waals surface area (Å²) in [6, 6.07) is 16.0. The Morgan fingerprint density at radius 3 is 2.57 bits per heavy atom. The first kappa shape index (κ1) is 19.8. The third-order valence-electron chi connectivity index (χ3n) is 4.53. The molecule has 1 amide bonds. The summed E-state index contributed by atoms with van der Waals surface area (Å²) in [6.45, 7) is 1.89. The standard InChI is InChI=1S/C22H17FN4O2S/c1-13-10-11-25-18(12-13)27-21(29)16-4-2-3-5-17(16)26-22(27)30-19(20(24)28)14-6-8-15(23)9-7-14/h2-12,19H,1H3,(H2,24,28).